The molecule has 0 aliphatic heterocycles. The Balaban J connectivity index is 1.34. The van der Waals surface area contributed by atoms with E-state index in [0.717, 1.165) is 16.5 Å². The van der Waals surface area contributed by atoms with E-state index >= 15 is 0 Å². The first-order chi connectivity index (χ1) is 13.7. The van der Waals surface area contributed by atoms with E-state index in [1.165, 1.54) is 17.1 Å². The number of nitrogens with one attached hydrogen (secondary N) is 1. The van der Waals surface area contributed by atoms with Gasteiger partial charge in [0.2, 0.25) is 11.8 Å². The van der Waals surface area contributed by atoms with Gasteiger partial charge in [-0.05, 0) is 41.5 Å². The average molecular weight is 389 g/mol. The summed E-state index contributed by atoms with van der Waals surface area (Å²) >= 11 is 1.23. The van der Waals surface area contributed by atoms with Crippen molar-refractivity contribution < 1.29 is 9.21 Å². The van der Waals surface area contributed by atoms with E-state index in [1.807, 2.05) is 55.5 Å². The molecule has 1 atom stereocenters. The summed E-state index contributed by atoms with van der Waals surface area (Å²) in [4.78, 5) is 12.3. The van der Waals surface area contributed by atoms with Gasteiger partial charge < -0.3 is 9.73 Å². The first-order valence-corrected chi connectivity index (χ1v) is 9.97. The smallest absolute Gasteiger partial charge is 0.277 e. The first-order valence-electron chi connectivity index (χ1n) is 8.99. The van der Waals surface area contributed by atoms with Crippen LogP contribution in [0, 0.1) is 0 Å². The summed E-state index contributed by atoms with van der Waals surface area (Å²) in [5.74, 6) is 0.590. The largest absolute Gasteiger partial charge is 0.411 e. The van der Waals surface area contributed by atoms with Crippen LogP contribution in [0.25, 0.3) is 22.2 Å². The van der Waals surface area contributed by atoms with Gasteiger partial charge >= 0.3 is 0 Å². The van der Waals surface area contributed by atoms with E-state index in [0.29, 0.717) is 11.1 Å². The fourth-order valence-corrected chi connectivity index (χ4v) is 3.51. The Labute approximate surface area is 167 Å². The molecule has 4 aromatic rings. The normalized spacial score (nSPS) is 12.0. The molecule has 0 aliphatic rings. The molecule has 6 heteroatoms. The third kappa shape index (κ3) is 4.23. The van der Waals surface area contributed by atoms with Crippen LogP contribution in [-0.2, 0) is 4.79 Å². The van der Waals surface area contributed by atoms with Crippen molar-refractivity contribution in [2.75, 3.05) is 5.75 Å². The van der Waals surface area contributed by atoms with Crippen molar-refractivity contribution in [2.24, 2.45) is 0 Å². The summed E-state index contributed by atoms with van der Waals surface area (Å²) in [5.41, 5.74) is 1.93. The summed E-state index contributed by atoms with van der Waals surface area (Å²) in [6, 6.07) is 23.9. The highest BCUT2D eigenvalue weighted by molar-refractivity contribution is 7.99. The Morgan fingerprint density at radius 2 is 1.75 bits per heavy atom. The highest BCUT2D eigenvalue weighted by Gasteiger charge is 2.13. The Morgan fingerprint density at radius 1 is 1.00 bits per heavy atom. The maximum absolute atomic E-state index is 12.3. The Bertz CT molecular complexity index is 1100. The zero-order chi connectivity index (χ0) is 19.3. The number of carbonyl (C=O) groups excluding carboxylic acids is 1. The van der Waals surface area contributed by atoms with Crippen molar-refractivity contribution in [2.45, 2.75) is 18.2 Å². The second kappa shape index (κ2) is 8.27. The number of hydrogen-bond acceptors (Lipinski definition) is 5. The van der Waals surface area contributed by atoms with E-state index in [9.17, 15) is 4.79 Å². The Kier molecular flexibility index (Phi) is 5.39. The molecule has 28 heavy (non-hydrogen) atoms. The lowest BCUT2D eigenvalue weighted by Crippen LogP contribution is -2.28. The standard InChI is InChI=1S/C22H19N3O2S/c1-15(18-12-11-16-7-5-6-10-19(16)13-18)23-20(26)14-28-22-25-24-21(27-22)17-8-3-2-4-9-17/h2-13,15H,14H2,1H3,(H,23,26). The number of benzene rings is 3. The van der Waals surface area contributed by atoms with E-state index in [1.54, 1.807) is 0 Å². The summed E-state index contributed by atoms with van der Waals surface area (Å²) in [6.07, 6.45) is 0. The molecule has 0 aliphatic carbocycles. The molecule has 1 amide bonds. The SMILES string of the molecule is CC(NC(=O)CSc1nnc(-c2ccccc2)o1)c1ccc2ccccc2c1. The van der Waals surface area contributed by atoms with Crippen molar-refractivity contribution >= 4 is 28.4 Å². The van der Waals surface area contributed by atoms with Gasteiger partial charge in [0.15, 0.2) is 0 Å². The number of thioether (sulfide) groups is 1. The van der Waals surface area contributed by atoms with E-state index < -0.39 is 0 Å². The van der Waals surface area contributed by atoms with Gasteiger partial charge in [0.05, 0.1) is 11.8 Å². The molecule has 0 radical (unpaired) electrons. The van der Waals surface area contributed by atoms with Gasteiger partial charge in [0, 0.05) is 5.56 Å². The number of rotatable bonds is 6. The molecule has 0 bridgehead atoms. The van der Waals surface area contributed by atoms with Crippen molar-refractivity contribution in [1.82, 2.24) is 15.5 Å². The third-order valence-electron chi connectivity index (χ3n) is 4.40. The lowest BCUT2D eigenvalue weighted by Gasteiger charge is -2.14. The minimum Gasteiger partial charge on any atom is -0.411 e. The van der Waals surface area contributed by atoms with E-state index in [4.69, 9.17) is 4.42 Å². The lowest BCUT2D eigenvalue weighted by atomic mass is 10.0. The molecule has 0 saturated carbocycles. The molecular formula is C22H19N3O2S. The van der Waals surface area contributed by atoms with Gasteiger partial charge in [-0.3, -0.25) is 4.79 Å². The van der Waals surface area contributed by atoms with Crippen LogP contribution in [0.1, 0.15) is 18.5 Å². The van der Waals surface area contributed by atoms with Crippen molar-refractivity contribution in [3.8, 4) is 11.5 Å². The van der Waals surface area contributed by atoms with Crippen LogP contribution < -0.4 is 5.32 Å². The topological polar surface area (TPSA) is 68.0 Å². The fraction of sp³-hybridized carbons (Fsp3) is 0.136. The number of amides is 1. The molecule has 0 fully saturated rings. The van der Waals surface area contributed by atoms with Crippen LogP contribution in [0.3, 0.4) is 0 Å². The molecule has 1 unspecified atom stereocenters. The van der Waals surface area contributed by atoms with Crippen molar-refractivity contribution in [1.29, 1.82) is 0 Å². The highest BCUT2D eigenvalue weighted by atomic mass is 32.2. The van der Waals surface area contributed by atoms with Crippen LogP contribution >= 0.6 is 11.8 Å². The minimum atomic E-state index is -0.0831. The maximum atomic E-state index is 12.3. The molecule has 140 valence electrons. The monoisotopic (exact) mass is 389 g/mol. The molecule has 3 aromatic carbocycles. The lowest BCUT2D eigenvalue weighted by molar-refractivity contribution is -0.119. The van der Waals surface area contributed by atoms with Crippen molar-refractivity contribution in [3.63, 3.8) is 0 Å². The van der Waals surface area contributed by atoms with Gasteiger partial charge in [-0.15, -0.1) is 10.2 Å². The fourth-order valence-electron chi connectivity index (χ4n) is 2.94. The molecule has 0 saturated heterocycles. The van der Waals surface area contributed by atoms with Gasteiger partial charge in [-0.25, -0.2) is 0 Å². The second-order valence-electron chi connectivity index (χ2n) is 6.42. The summed E-state index contributed by atoms with van der Waals surface area (Å²) in [7, 11) is 0. The van der Waals surface area contributed by atoms with Gasteiger partial charge in [-0.2, -0.15) is 0 Å². The summed E-state index contributed by atoms with van der Waals surface area (Å²) < 4.78 is 5.62. The average Bonchev–Trinajstić information content (AvgIpc) is 3.22. The highest BCUT2D eigenvalue weighted by Crippen LogP contribution is 2.23. The van der Waals surface area contributed by atoms with E-state index in [2.05, 4.69) is 39.8 Å². The number of fused-ring (bicyclic) bond motifs is 1. The Morgan fingerprint density at radius 3 is 2.57 bits per heavy atom. The number of aromatic nitrogens is 2. The summed E-state index contributed by atoms with van der Waals surface area (Å²) in [5, 5.41) is 13.8. The molecule has 1 N–H and O–H groups in total. The second-order valence-corrected chi connectivity index (χ2v) is 7.35. The number of carbonyl (C=O) groups is 1. The van der Waals surface area contributed by atoms with Gasteiger partial charge in [0.25, 0.3) is 5.22 Å². The predicted octanol–water partition coefficient (Wildman–Crippen LogP) is 4.86. The molecular weight excluding hydrogens is 370 g/mol. The maximum Gasteiger partial charge on any atom is 0.277 e. The van der Waals surface area contributed by atoms with Gasteiger partial charge in [0.1, 0.15) is 0 Å². The molecule has 0 spiro atoms. The molecule has 5 nitrogen and oxygen atoms in total. The Hall–Kier alpha value is -3.12. The van der Waals surface area contributed by atoms with Crippen LogP contribution in [0.15, 0.2) is 82.4 Å². The van der Waals surface area contributed by atoms with Gasteiger partial charge in [-0.1, -0.05) is 66.4 Å². The number of nitrogens with zero attached hydrogens (tertiary/aromatic N) is 2. The summed E-state index contributed by atoms with van der Waals surface area (Å²) in [6.45, 7) is 1.98. The third-order valence-corrected chi connectivity index (χ3v) is 5.22. The molecule has 1 heterocycles. The van der Waals surface area contributed by atoms with Crippen LogP contribution in [0.2, 0.25) is 0 Å². The first kappa shape index (κ1) is 18.3. The quantitative estimate of drug-likeness (QED) is 0.477. The molecule has 4 rings (SSSR count). The molecule has 1 aromatic heterocycles. The number of hydrogen-bond donors (Lipinski definition) is 1. The van der Waals surface area contributed by atoms with Crippen LogP contribution in [0.5, 0.6) is 0 Å². The van der Waals surface area contributed by atoms with Crippen LogP contribution in [-0.4, -0.2) is 21.9 Å². The zero-order valence-electron chi connectivity index (χ0n) is 15.3. The van der Waals surface area contributed by atoms with E-state index in [-0.39, 0.29) is 17.7 Å². The minimum absolute atomic E-state index is 0.0786. The van der Waals surface area contributed by atoms with Crippen molar-refractivity contribution in [3.05, 3.63) is 78.4 Å². The predicted molar refractivity (Wildman–Crippen MR) is 111 cm³/mol. The van der Waals surface area contributed by atoms with Crippen LogP contribution in [0.4, 0.5) is 0 Å². The zero-order valence-corrected chi connectivity index (χ0v) is 16.1.